The Bertz CT molecular complexity index is 3140. The van der Waals surface area contributed by atoms with Crippen molar-refractivity contribution in [2.75, 3.05) is 59.1 Å². The van der Waals surface area contributed by atoms with Crippen LogP contribution in [0, 0.1) is 0 Å². The summed E-state index contributed by atoms with van der Waals surface area (Å²) in [7, 11) is 0. The number of alkyl halides is 12. The monoisotopic (exact) mass is 1220 g/mol. The number of nitrogens with zero attached hydrogens (tertiary/aromatic N) is 6. The Morgan fingerprint density at radius 3 is 1.29 bits per heavy atom. The molecule has 13 nitrogen and oxygen atoms in total. The number of hydrogen-bond acceptors (Lipinski definition) is 13. The molecule has 2 N–H and O–H groups in total. The molecule has 0 bridgehead atoms. The predicted molar refractivity (Wildman–Crippen MR) is 290 cm³/mol. The highest BCUT2D eigenvalue weighted by molar-refractivity contribution is 5.71. The molecule has 86 heavy (non-hydrogen) atoms. The molecule has 2 aliphatic rings. The molecule has 0 amide bonds. The average molecular weight is 1220 g/mol. The van der Waals surface area contributed by atoms with Gasteiger partial charge in [0.05, 0.1) is 38.4 Å². The van der Waals surface area contributed by atoms with Crippen LogP contribution in [0.25, 0.3) is 22.3 Å². The van der Waals surface area contributed by atoms with E-state index in [-0.39, 0.29) is 57.3 Å². The van der Waals surface area contributed by atoms with E-state index in [2.05, 4.69) is 29.6 Å². The van der Waals surface area contributed by atoms with E-state index in [0.29, 0.717) is 118 Å². The molecule has 2 atom stereocenters. The van der Waals surface area contributed by atoms with Gasteiger partial charge in [-0.1, -0.05) is 97.1 Å². The van der Waals surface area contributed by atoms with E-state index in [0.717, 1.165) is 46.5 Å². The molecule has 0 radical (unpaired) electrons. The number of pyridine rings is 2. The second-order valence-electron chi connectivity index (χ2n) is 21.2. The summed E-state index contributed by atoms with van der Waals surface area (Å²) in [5.41, 5.74) is -6.71. The van der Waals surface area contributed by atoms with Crippen LogP contribution < -0.4 is 0 Å². The Hall–Kier alpha value is -7.00. The summed E-state index contributed by atoms with van der Waals surface area (Å²) in [4.78, 5) is 43.6. The minimum Gasteiger partial charge on any atom is -0.466 e. The van der Waals surface area contributed by atoms with Gasteiger partial charge in [0.15, 0.2) is 0 Å². The molecule has 4 aromatic carbocycles. The zero-order valence-electron chi connectivity index (χ0n) is 46.4. The second kappa shape index (κ2) is 27.4. The molecule has 25 heteroatoms. The fourth-order valence-electron chi connectivity index (χ4n) is 10.6. The van der Waals surface area contributed by atoms with E-state index in [1.165, 1.54) is 0 Å². The lowest BCUT2D eigenvalue weighted by Crippen LogP contribution is -2.53. The molecule has 2 fully saturated rings. The van der Waals surface area contributed by atoms with Gasteiger partial charge in [0.1, 0.15) is 6.61 Å². The first-order valence-corrected chi connectivity index (χ1v) is 27.4. The van der Waals surface area contributed by atoms with Crippen LogP contribution in [0.2, 0.25) is 0 Å². The van der Waals surface area contributed by atoms with Crippen molar-refractivity contribution >= 4 is 11.9 Å². The number of carbonyl (C=O) groups is 2. The highest BCUT2D eigenvalue weighted by atomic mass is 19.4. The van der Waals surface area contributed by atoms with Crippen LogP contribution in [0.1, 0.15) is 58.8 Å². The van der Waals surface area contributed by atoms with Gasteiger partial charge in [0.2, 0.25) is 0 Å². The number of esters is 2. The first-order chi connectivity index (χ1) is 40.6. The zero-order chi connectivity index (χ0) is 62.1. The summed E-state index contributed by atoms with van der Waals surface area (Å²) in [5.74, 6) is -0.786. The van der Waals surface area contributed by atoms with Gasteiger partial charge in [0.25, 0.3) is 11.2 Å². The quantitative estimate of drug-likeness (QED) is 0.0379. The Kier molecular flexibility index (Phi) is 20.7. The molecule has 2 saturated heterocycles. The van der Waals surface area contributed by atoms with Crippen LogP contribution in [0.3, 0.4) is 0 Å². The number of ether oxygens (including phenoxy) is 3. The number of benzene rings is 4. The summed E-state index contributed by atoms with van der Waals surface area (Å²) < 4.78 is 178. The molecule has 4 heterocycles. The van der Waals surface area contributed by atoms with Crippen molar-refractivity contribution in [2.24, 2.45) is 0 Å². The van der Waals surface area contributed by atoms with Gasteiger partial charge in [-0.15, -0.1) is 0 Å². The van der Waals surface area contributed by atoms with E-state index in [9.17, 15) is 72.5 Å². The van der Waals surface area contributed by atoms with Gasteiger partial charge in [-0.2, -0.15) is 52.7 Å². The van der Waals surface area contributed by atoms with Crippen molar-refractivity contribution in [2.45, 2.75) is 101 Å². The van der Waals surface area contributed by atoms with Crippen LogP contribution in [0.4, 0.5) is 52.7 Å². The molecule has 6 aromatic rings. The fourth-order valence-corrected chi connectivity index (χ4v) is 10.6. The lowest BCUT2D eigenvalue weighted by atomic mass is 9.90. The number of hydrogen-bond donors (Lipinski definition) is 2. The Labute approximate surface area is 487 Å². The number of aromatic nitrogens is 2. The van der Waals surface area contributed by atoms with E-state index in [4.69, 9.17) is 14.2 Å². The summed E-state index contributed by atoms with van der Waals surface area (Å²) in [6.07, 6.45) is -18.8. The molecule has 2 aromatic heterocycles. The fraction of sp³-hybridized carbons (Fsp3) is 0.410. The van der Waals surface area contributed by atoms with Gasteiger partial charge < -0.3 is 24.4 Å². The number of aliphatic hydroxyl groups is 2. The summed E-state index contributed by atoms with van der Waals surface area (Å²) in [5, 5.41) is 19.5. The number of carbonyl (C=O) groups excluding carboxylic acids is 2. The van der Waals surface area contributed by atoms with Crippen LogP contribution in [0.5, 0.6) is 0 Å². The van der Waals surface area contributed by atoms with Gasteiger partial charge in [-0.3, -0.25) is 39.2 Å². The largest absolute Gasteiger partial charge is 0.466 e. The van der Waals surface area contributed by atoms with Crippen molar-refractivity contribution in [3.05, 3.63) is 179 Å². The average Bonchev–Trinajstić information content (AvgIpc) is 1.07. The molecule has 0 saturated carbocycles. The highest BCUT2D eigenvalue weighted by Gasteiger charge is 2.72. The third-order valence-corrected chi connectivity index (χ3v) is 15.3. The SMILES string of the molecule is CCOC(=O)C[C@@H]1CN(Cc2ccc(-c3ccc(C(O)(C(F)(F)F)C(F)(F)F)cc3)cc2)CCN1Cc1ccnc(COCCOC(=O)CC2CN(Cc3ccc(-c4ccc(C(O)(C(F)(F)F)C(F)(F)F)cc4)cc3)CCN2Cc2ccncc2)c1. The Balaban J connectivity index is 0.811. The molecule has 1 unspecified atom stereocenters. The van der Waals surface area contributed by atoms with E-state index in [1.54, 1.807) is 74.0 Å². The molecular weight excluding hydrogens is 1160 g/mol. The summed E-state index contributed by atoms with van der Waals surface area (Å²) >= 11 is 0. The van der Waals surface area contributed by atoms with Gasteiger partial charge in [-0.05, 0) is 75.7 Å². The van der Waals surface area contributed by atoms with Gasteiger partial charge >= 0.3 is 36.6 Å². The standard InChI is InChI=1S/C61H62F12N6O7/c1-2-85-54(80)32-52-38-77(35-42-5-9-46(10-6-42)48-13-17-50(18-14-48)57(83,60(68,69)70)61(71,72)73)26-28-79(52)37-44-21-24-75-51(31-44)40-84-29-30-86-55(81)33-53-39-76(25-27-78(53)36-43-19-22-74-23-20-43)34-41-3-7-45(8-4-41)47-11-15-49(16-12-47)56(82,58(62,63)64)59(65,66)67/h3-24,31,52-53,82-83H,2,25-30,32-40H2,1H3/t52-,53?/m1/s1. The molecular formula is C61H62F12N6O7. The molecule has 0 spiro atoms. The predicted octanol–water partition coefficient (Wildman–Crippen LogP) is 10.9. The van der Waals surface area contributed by atoms with Crippen LogP contribution in [-0.2, 0) is 67.8 Å². The lowest BCUT2D eigenvalue weighted by Gasteiger charge is -2.41. The number of piperazine rings is 2. The first-order valence-electron chi connectivity index (χ1n) is 27.4. The first kappa shape index (κ1) is 65.0. The van der Waals surface area contributed by atoms with E-state index >= 15 is 0 Å². The summed E-state index contributed by atoms with van der Waals surface area (Å²) in [6, 6.07) is 27.9. The number of halogens is 12. The highest BCUT2D eigenvalue weighted by Crippen LogP contribution is 2.51. The van der Waals surface area contributed by atoms with Crippen molar-refractivity contribution < 1.29 is 86.7 Å². The molecule has 2 aliphatic heterocycles. The third-order valence-electron chi connectivity index (χ3n) is 15.3. The zero-order valence-corrected chi connectivity index (χ0v) is 46.4. The van der Waals surface area contributed by atoms with E-state index in [1.807, 2.05) is 24.3 Å². The summed E-state index contributed by atoms with van der Waals surface area (Å²) in [6.45, 7) is 7.58. The Morgan fingerprint density at radius 2 is 0.872 bits per heavy atom. The minimum atomic E-state index is -6.00. The van der Waals surface area contributed by atoms with Crippen molar-refractivity contribution in [3.8, 4) is 22.3 Å². The van der Waals surface area contributed by atoms with Crippen molar-refractivity contribution in [1.29, 1.82) is 0 Å². The molecule has 462 valence electrons. The molecule has 8 rings (SSSR count). The normalized spacial score (nSPS) is 17.4. The van der Waals surface area contributed by atoms with E-state index < -0.39 is 53.0 Å². The van der Waals surface area contributed by atoms with Crippen molar-refractivity contribution in [1.82, 2.24) is 29.6 Å². The van der Waals surface area contributed by atoms with Gasteiger partial charge in [-0.25, -0.2) is 0 Å². The minimum absolute atomic E-state index is 0.0215. The lowest BCUT2D eigenvalue weighted by molar-refractivity contribution is -0.376. The number of rotatable bonds is 22. The maximum atomic E-state index is 13.4. The van der Waals surface area contributed by atoms with Crippen LogP contribution in [0.15, 0.2) is 140 Å². The third kappa shape index (κ3) is 15.8. The topological polar surface area (TPSA) is 141 Å². The smallest absolute Gasteiger partial charge is 0.430 e. The van der Waals surface area contributed by atoms with Crippen LogP contribution >= 0.6 is 0 Å². The van der Waals surface area contributed by atoms with Gasteiger partial charge in [0, 0.05) is 107 Å². The maximum absolute atomic E-state index is 13.4. The Morgan fingerprint density at radius 1 is 0.488 bits per heavy atom. The van der Waals surface area contributed by atoms with Crippen molar-refractivity contribution in [3.63, 3.8) is 0 Å². The van der Waals surface area contributed by atoms with Crippen LogP contribution in [-0.4, -0.2) is 148 Å². The second-order valence-corrected chi connectivity index (χ2v) is 21.2. The molecule has 0 aliphatic carbocycles. The maximum Gasteiger partial charge on any atom is 0.430 e.